The molecule has 3 N–H and O–H groups in total. The second-order valence-corrected chi connectivity index (χ2v) is 15.5. The number of hydrogen-bond acceptors (Lipinski definition) is 6. The maximum Gasteiger partial charge on any atom is 0.342 e. The summed E-state index contributed by atoms with van der Waals surface area (Å²) in [5, 5.41) is 2.41. The summed E-state index contributed by atoms with van der Waals surface area (Å²) in [6.07, 6.45) is -0.945. The van der Waals surface area contributed by atoms with Crippen molar-refractivity contribution < 1.29 is 32.7 Å². The molecule has 1 fully saturated rings. The van der Waals surface area contributed by atoms with Crippen LogP contribution in [0.5, 0.6) is 0 Å². The molecule has 1 aromatic carbocycles. The van der Waals surface area contributed by atoms with Crippen molar-refractivity contribution in [1.82, 2.24) is 5.32 Å². The Morgan fingerprint density at radius 1 is 1.25 bits per heavy atom. The molecule has 3 amide bonds. The molecular weight excluding hydrogens is 485 g/mol. The van der Waals surface area contributed by atoms with Crippen LogP contribution in [-0.4, -0.2) is 56.3 Å². The van der Waals surface area contributed by atoms with Gasteiger partial charge in [-0.3, -0.25) is 19.3 Å². The number of rotatable bonds is 9. The third-order valence-electron chi connectivity index (χ3n) is 7.16. The molecule has 0 spiro atoms. The van der Waals surface area contributed by atoms with E-state index in [0.717, 1.165) is 17.0 Å². The Hall–Kier alpha value is -2.79. The van der Waals surface area contributed by atoms with Crippen LogP contribution in [0.2, 0.25) is 18.1 Å². The Bertz CT molecular complexity index is 1010. The second-order valence-electron chi connectivity index (χ2n) is 10.7. The first-order chi connectivity index (χ1) is 16.5. The van der Waals surface area contributed by atoms with Crippen molar-refractivity contribution >= 4 is 37.7 Å². The lowest BCUT2D eigenvalue weighted by Gasteiger charge is -2.41. The largest absolute Gasteiger partial charge is 0.464 e. The molecule has 0 aliphatic carbocycles. The number of nitrogens with two attached hydrogens (primary N) is 1. The summed E-state index contributed by atoms with van der Waals surface area (Å²) in [5.41, 5.74) is 3.68. The molecule has 4 atom stereocenters. The summed E-state index contributed by atoms with van der Waals surface area (Å²) >= 11 is 0. The zero-order valence-corrected chi connectivity index (χ0v) is 23.3. The monoisotopic (exact) mass is 523 g/mol. The van der Waals surface area contributed by atoms with Crippen LogP contribution in [0.15, 0.2) is 24.3 Å². The molecule has 1 saturated heterocycles. The van der Waals surface area contributed by atoms with Crippen LogP contribution in [0.25, 0.3) is 0 Å². The Balaban J connectivity index is 2.55. The first kappa shape index (κ1) is 29.4. The Morgan fingerprint density at radius 2 is 1.81 bits per heavy atom. The lowest BCUT2D eigenvalue weighted by molar-refractivity contribution is -0.157. The van der Waals surface area contributed by atoms with E-state index in [1.807, 2.05) is 33.9 Å². The number of halogens is 1. The van der Waals surface area contributed by atoms with Gasteiger partial charge < -0.3 is 20.2 Å². The number of nitrogens with one attached hydrogen (secondary N) is 1. The number of esters is 1. The lowest BCUT2D eigenvalue weighted by atomic mass is 9.84. The number of nitrogens with zero attached hydrogens (tertiary/aromatic N) is 1. The quantitative estimate of drug-likeness (QED) is 0.291. The molecule has 36 heavy (non-hydrogen) atoms. The fourth-order valence-electron chi connectivity index (χ4n) is 4.19. The van der Waals surface area contributed by atoms with E-state index in [4.69, 9.17) is 14.9 Å². The normalized spacial score (nSPS) is 22.2. The van der Waals surface area contributed by atoms with E-state index < -0.39 is 61.4 Å². The van der Waals surface area contributed by atoms with Gasteiger partial charge in [-0.2, -0.15) is 0 Å². The summed E-state index contributed by atoms with van der Waals surface area (Å²) < 4.78 is 25.2. The summed E-state index contributed by atoms with van der Waals surface area (Å²) in [6, 6.07) is 3.58. The molecule has 1 heterocycles. The average molecular weight is 524 g/mol. The summed E-state index contributed by atoms with van der Waals surface area (Å²) in [6.45, 7) is 14.8. The van der Waals surface area contributed by atoms with Crippen molar-refractivity contribution in [2.24, 2.45) is 11.7 Å². The molecular formula is C25H38FN3O6Si. The van der Waals surface area contributed by atoms with Crippen molar-refractivity contribution in [3.05, 3.63) is 30.1 Å². The number of benzene rings is 1. The van der Waals surface area contributed by atoms with Gasteiger partial charge in [0.1, 0.15) is 11.9 Å². The van der Waals surface area contributed by atoms with Crippen LogP contribution in [0.1, 0.15) is 48.0 Å². The molecule has 0 bridgehead atoms. The summed E-state index contributed by atoms with van der Waals surface area (Å²) in [5.74, 6) is -4.60. The summed E-state index contributed by atoms with van der Waals surface area (Å²) in [4.78, 5) is 53.9. The Morgan fingerprint density at radius 3 is 2.28 bits per heavy atom. The van der Waals surface area contributed by atoms with E-state index in [0.29, 0.717) is 0 Å². The zero-order chi connectivity index (χ0) is 27.6. The predicted molar refractivity (Wildman–Crippen MR) is 136 cm³/mol. The first-order valence-corrected chi connectivity index (χ1v) is 15.0. The predicted octanol–water partition coefficient (Wildman–Crippen LogP) is 2.88. The van der Waals surface area contributed by atoms with E-state index >= 15 is 0 Å². The average Bonchev–Trinajstić information content (AvgIpc) is 3.01. The molecule has 1 aliphatic heterocycles. The van der Waals surface area contributed by atoms with Crippen molar-refractivity contribution in [2.45, 2.75) is 83.8 Å². The van der Waals surface area contributed by atoms with Crippen LogP contribution in [0.4, 0.5) is 10.1 Å². The fraction of sp³-hybridized carbons (Fsp3) is 0.600. The van der Waals surface area contributed by atoms with Crippen LogP contribution in [0.3, 0.4) is 0 Å². The lowest BCUT2D eigenvalue weighted by Crippen LogP contribution is -2.68. The number of carbonyl (C=O) groups is 4. The van der Waals surface area contributed by atoms with Gasteiger partial charge >= 0.3 is 5.97 Å². The molecule has 200 valence electrons. The van der Waals surface area contributed by atoms with Crippen LogP contribution in [-0.2, 0) is 28.3 Å². The highest BCUT2D eigenvalue weighted by Gasteiger charge is 2.63. The van der Waals surface area contributed by atoms with Crippen molar-refractivity contribution in [1.29, 1.82) is 0 Å². The first-order valence-electron chi connectivity index (χ1n) is 12.0. The van der Waals surface area contributed by atoms with Crippen molar-refractivity contribution in [2.75, 3.05) is 11.5 Å². The van der Waals surface area contributed by atoms with Gasteiger partial charge in [0.15, 0.2) is 8.32 Å². The Labute approximate surface area is 213 Å². The van der Waals surface area contributed by atoms with Gasteiger partial charge in [-0.1, -0.05) is 27.7 Å². The number of anilines is 1. The molecule has 2 unspecified atom stereocenters. The maximum absolute atomic E-state index is 13.9. The number of primary amides is 1. The van der Waals surface area contributed by atoms with Crippen LogP contribution >= 0.6 is 0 Å². The molecule has 11 heteroatoms. The third kappa shape index (κ3) is 5.46. The molecule has 0 radical (unpaired) electrons. The topological polar surface area (TPSA) is 128 Å². The molecule has 0 aromatic heterocycles. The van der Waals surface area contributed by atoms with Crippen LogP contribution < -0.4 is 16.0 Å². The zero-order valence-electron chi connectivity index (χ0n) is 22.3. The highest BCUT2D eigenvalue weighted by molar-refractivity contribution is 6.74. The van der Waals surface area contributed by atoms with E-state index in [1.165, 1.54) is 12.1 Å². The highest BCUT2D eigenvalue weighted by atomic mass is 28.4. The van der Waals surface area contributed by atoms with Gasteiger partial charge in [0.05, 0.1) is 12.7 Å². The van der Waals surface area contributed by atoms with E-state index in [2.05, 4.69) is 5.32 Å². The van der Waals surface area contributed by atoms with Crippen molar-refractivity contribution in [3.63, 3.8) is 0 Å². The molecule has 1 aromatic rings. The minimum absolute atomic E-state index is 0.0455. The van der Waals surface area contributed by atoms with Crippen molar-refractivity contribution in [3.8, 4) is 0 Å². The number of hydrogen-bond donors (Lipinski definition) is 2. The fourth-order valence-corrected chi connectivity index (χ4v) is 5.61. The third-order valence-corrected chi connectivity index (χ3v) is 11.7. The van der Waals surface area contributed by atoms with Gasteiger partial charge in [0.2, 0.25) is 17.4 Å². The second kappa shape index (κ2) is 10.7. The smallest absolute Gasteiger partial charge is 0.342 e. The van der Waals surface area contributed by atoms with E-state index in [1.54, 1.807) is 20.8 Å². The highest BCUT2D eigenvalue weighted by Crippen LogP contribution is 2.41. The Kier molecular flexibility index (Phi) is 8.73. The van der Waals surface area contributed by atoms with Crippen LogP contribution in [0, 0.1) is 11.7 Å². The van der Waals surface area contributed by atoms with Gasteiger partial charge in [-0.05, 0) is 56.2 Å². The number of ether oxygens (including phenoxy) is 1. The standard InChI is InChI=1S/C25H38FN3O6Si/c1-9-34-23(33)25(15(2)14-19(30)29(25)18-12-10-17(26)11-13-18)22(32)28-20(21(27)31)16(3)35-36(7,8)24(4,5)6/h10-13,15-16,20H,9,14H2,1-8H3,(H2,27,31)(H,28,32)/t15?,16-,20+,25?/m1/s1. The number of amides is 3. The SMILES string of the molecule is CCOC(=O)C1(C(=O)N[C@H](C(N)=O)[C@@H](C)O[Si](C)(C)C(C)(C)C)C(C)CC(=O)N1c1ccc(F)cc1. The van der Waals surface area contributed by atoms with Gasteiger partial charge in [-0.25, -0.2) is 9.18 Å². The number of carbonyl (C=O) groups excluding carboxylic acids is 4. The van der Waals surface area contributed by atoms with E-state index in [9.17, 15) is 23.6 Å². The van der Waals surface area contributed by atoms with Gasteiger partial charge in [-0.15, -0.1) is 0 Å². The molecule has 1 aliphatic rings. The molecule has 2 rings (SSSR count). The van der Waals surface area contributed by atoms with Gasteiger partial charge in [0.25, 0.3) is 5.91 Å². The maximum atomic E-state index is 13.9. The van der Waals surface area contributed by atoms with Gasteiger partial charge in [0, 0.05) is 18.0 Å². The minimum Gasteiger partial charge on any atom is -0.464 e. The minimum atomic E-state index is -2.36. The molecule has 0 saturated carbocycles. The van der Waals surface area contributed by atoms with E-state index in [-0.39, 0.29) is 23.8 Å². The molecule has 9 nitrogen and oxygen atoms in total. The summed E-state index contributed by atoms with van der Waals surface area (Å²) in [7, 11) is -2.36.